The van der Waals surface area contributed by atoms with E-state index >= 15 is 0 Å². The average Bonchev–Trinajstić information content (AvgIpc) is 2.83. The Bertz CT molecular complexity index is 993. The van der Waals surface area contributed by atoms with Gasteiger partial charge >= 0.3 is 0 Å². The largest absolute Gasteiger partial charge is 0.497 e. The van der Waals surface area contributed by atoms with Crippen LogP contribution < -0.4 is 31.3 Å². The standard InChI is InChI=1S/C24H37N7O3/c1-7-19-23(31(8-2)9-3)30-22(20(29-19)21(25)32)28-17-12-16(13-18(14-17)34-6)10-11-27-24(33)15(4)26-5/h12-15,26H,7-11H2,1-6H3,(H2,25,32)(H,27,33)(H,28,30). The number of rotatable bonds is 13. The summed E-state index contributed by atoms with van der Waals surface area (Å²) in [6.45, 7) is 9.86. The maximum atomic E-state index is 12.2. The number of aryl methyl sites for hydroxylation is 1. The highest BCUT2D eigenvalue weighted by molar-refractivity contribution is 5.96. The van der Waals surface area contributed by atoms with E-state index in [9.17, 15) is 9.59 Å². The van der Waals surface area contributed by atoms with Crippen molar-refractivity contribution in [2.24, 2.45) is 5.73 Å². The van der Waals surface area contributed by atoms with Crippen molar-refractivity contribution in [1.82, 2.24) is 20.6 Å². The molecule has 0 radical (unpaired) electrons. The van der Waals surface area contributed by atoms with Gasteiger partial charge in [0.15, 0.2) is 17.3 Å². The Balaban J connectivity index is 2.37. The number of hydrogen-bond acceptors (Lipinski definition) is 8. The van der Waals surface area contributed by atoms with Crippen LogP contribution in [-0.4, -0.2) is 61.6 Å². The van der Waals surface area contributed by atoms with E-state index in [1.54, 1.807) is 21.1 Å². The molecule has 34 heavy (non-hydrogen) atoms. The molecule has 1 heterocycles. The molecule has 0 spiro atoms. The summed E-state index contributed by atoms with van der Waals surface area (Å²) in [6, 6.07) is 5.37. The molecule has 0 saturated heterocycles. The second-order valence-corrected chi connectivity index (χ2v) is 7.83. The molecule has 2 aromatic rings. The normalized spacial score (nSPS) is 11.6. The maximum absolute atomic E-state index is 12.2. The summed E-state index contributed by atoms with van der Waals surface area (Å²) in [7, 11) is 3.33. The first-order valence-corrected chi connectivity index (χ1v) is 11.6. The first-order chi connectivity index (χ1) is 16.3. The van der Waals surface area contributed by atoms with E-state index in [4.69, 9.17) is 15.5 Å². The zero-order valence-corrected chi connectivity index (χ0v) is 21.0. The van der Waals surface area contributed by atoms with E-state index in [0.29, 0.717) is 36.6 Å². The van der Waals surface area contributed by atoms with Gasteiger partial charge in [0, 0.05) is 31.4 Å². The zero-order chi connectivity index (χ0) is 25.3. The Hall–Kier alpha value is -3.40. The second-order valence-electron chi connectivity index (χ2n) is 7.83. The van der Waals surface area contributed by atoms with Crippen LogP contribution in [0.3, 0.4) is 0 Å². The number of carbonyl (C=O) groups excluding carboxylic acids is 2. The molecule has 0 bridgehead atoms. The lowest BCUT2D eigenvalue weighted by molar-refractivity contribution is -0.122. The van der Waals surface area contributed by atoms with Gasteiger partial charge in [-0.15, -0.1) is 0 Å². The van der Waals surface area contributed by atoms with Crippen LogP contribution in [0.2, 0.25) is 0 Å². The van der Waals surface area contributed by atoms with Crippen LogP contribution in [0.15, 0.2) is 18.2 Å². The predicted molar refractivity (Wildman–Crippen MR) is 135 cm³/mol. The number of likely N-dealkylation sites (N-methyl/N-ethyl adjacent to an activating group) is 1. The van der Waals surface area contributed by atoms with Crippen molar-refractivity contribution in [2.75, 3.05) is 44.0 Å². The number of benzene rings is 1. The van der Waals surface area contributed by atoms with E-state index in [1.165, 1.54) is 0 Å². The molecule has 10 heteroatoms. The number of aromatic nitrogens is 2. The molecule has 0 aliphatic heterocycles. The van der Waals surface area contributed by atoms with Crippen LogP contribution >= 0.6 is 0 Å². The number of carbonyl (C=O) groups is 2. The molecule has 1 atom stereocenters. The first-order valence-electron chi connectivity index (χ1n) is 11.6. The van der Waals surface area contributed by atoms with E-state index < -0.39 is 5.91 Å². The lowest BCUT2D eigenvalue weighted by atomic mass is 10.1. The molecule has 2 rings (SSSR count). The predicted octanol–water partition coefficient (Wildman–Crippen LogP) is 2.00. The third kappa shape index (κ3) is 6.80. The molecule has 2 amide bonds. The minimum Gasteiger partial charge on any atom is -0.497 e. The number of nitrogens with zero attached hydrogens (tertiary/aromatic N) is 3. The fraction of sp³-hybridized carbons (Fsp3) is 0.500. The molecule has 0 saturated carbocycles. The molecule has 1 unspecified atom stereocenters. The third-order valence-electron chi connectivity index (χ3n) is 5.58. The molecule has 0 fully saturated rings. The van der Waals surface area contributed by atoms with Crippen molar-refractivity contribution in [3.05, 3.63) is 35.2 Å². The summed E-state index contributed by atoms with van der Waals surface area (Å²) >= 11 is 0. The van der Waals surface area contributed by atoms with Gasteiger partial charge in [-0.25, -0.2) is 9.97 Å². The van der Waals surface area contributed by atoms with E-state index in [1.807, 2.05) is 39.0 Å². The van der Waals surface area contributed by atoms with Crippen molar-refractivity contribution in [1.29, 1.82) is 0 Å². The van der Waals surface area contributed by atoms with Gasteiger partial charge in [0.05, 0.1) is 18.8 Å². The molecule has 186 valence electrons. The first kappa shape index (κ1) is 26.8. The van der Waals surface area contributed by atoms with Crippen LogP contribution in [0.25, 0.3) is 0 Å². The summed E-state index contributed by atoms with van der Waals surface area (Å²) in [5, 5.41) is 9.03. The minimum atomic E-state index is -0.653. The van der Waals surface area contributed by atoms with Crippen LogP contribution in [-0.2, 0) is 17.6 Å². The molecular formula is C24H37N7O3. The Morgan fingerprint density at radius 1 is 1.15 bits per heavy atom. The Morgan fingerprint density at radius 2 is 1.85 bits per heavy atom. The molecule has 5 N–H and O–H groups in total. The van der Waals surface area contributed by atoms with Crippen molar-refractivity contribution in [3.8, 4) is 5.75 Å². The number of amides is 2. The van der Waals surface area contributed by atoms with Gasteiger partial charge in [0.1, 0.15) is 5.75 Å². The number of methoxy groups -OCH3 is 1. The van der Waals surface area contributed by atoms with Gasteiger partial charge in [-0.1, -0.05) is 6.92 Å². The molecule has 1 aromatic carbocycles. The van der Waals surface area contributed by atoms with Gasteiger partial charge in [-0.05, 0) is 58.4 Å². The Morgan fingerprint density at radius 3 is 2.41 bits per heavy atom. The molecular weight excluding hydrogens is 434 g/mol. The topological polar surface area (TPSA) is 134 Å². The number of nitrogens with one attached hydrogen (secondary N) is 3. The van der Waals surface area contributed by atoms with Gasteiger partial charge in [0.25, 0.3) is 5.91 Å². The summed E-state index contributed by atoms with van der Waals surface area (Å²) < 4.78 is 5.45. The number of hydrogen-bond donors (Lipinski definition) is 4. The SMILES string of the molecule is CCc1nc(C(N)=O)c(Nc2cc(CCNC(=O)C(C)NC)cc(OC)c2)nc1N(CC)CC. The highest BCUT2D eigenvalue weighted by atomic mass is 16.5. The van der Waals surface area contributed by atoms with E-state index in [-0.39, 0.29) is 17.6 Å². The van der Waals surface area contributed by atoms with Gasteiger partial charge in [-0.3, -0.25) is 9.59 Å². The number of ether oxygens (including phenoxy) is 1. The quantitative estimate of drug-likeness (QED) is 0.348. The van der Waals surface area contributed by atoms with Crippen LogP contribution in [0.4, 0.5) is 17.3 Å². The Labute approximate surface area is 201 Å². The fourth-order valence-electron chi connectivity index (χ4n) is 3.48. The van der Waals surface area contributed by atoms with Gasteiger partial charge in [-0.2, -0.15) is 0 Å². The number of anilines is 3. The third-order valence-corrected chi connectivity index (χ3v) is 5.58. The maximum Gasteiger partial charge on any atom is 0.271 e. The van der Waals surface area contributed by atoms with Gasteiger partial charge < -0.3 is 31.3 Å². The van der Waals surface area contributed by atoms with Crippen molar-refractivity contribution < 1.29 is 14.3 Å². The van der Waals surface area contributed by atoms with E-state index in [2.05, 4.69) is 25.8 Å². The molecule has 10 nitrogen and oxygen atoms in total. The fourth-order valence-corrected chi connectivity index (χ4v) is 3.48. The molecule has 1 aromatic heterocycles. The van der Waals surface area contributed by atoms with Crippen LogP contribution in [0, 0.1) is 0 Å². The van der Waals surface area contributed by atoms with E-state index in [0.717, 1.165) is 30.2 Å². The smallest absolute Gasteiger partial charge is 0.271 e. The number of primary amides is 1. The Kier molecular flexibility index (Phi) is 10.1. The highest BCUT2D eigenvalue weighted by Crippen LogP contribution is 2.28. The monoisotopic (exact) mass is 471 g/mol. The van der Waals surface area contributed by atoms with Crippen molar-refractivity contribution in [2.45, 2.75) is 46.6 Å². The lowest BCUT2D eigenvalue weighted by Crippen LogP contribution is -2.41. The molecule has 0 aliphatic carbocycles. The summed E-state index contributed by atoms with van der Waals surface area (Å²) in [5.41, 5.74) is 8.07. The van der Waals surface area contributed by atoms with Crippen LogP contribution in [0.1, 0.15) is 49.4 Å². The lowest BCUT2D eigenvalue weighted by Gasteiger charge is -2.23. The van der Waals surface area contributed by atoms with Crippen molar-refractivity contribution >= 4 is 29.1 Å². The van der Waals surface area contributed by atoms with Crippen LogP contribution in [0.5, 0.6) is 5.75 Å². The molecule has 0 aliphatic rings. The minimum absolute atomic E-state index is 0.0648. The average molecular weight is 472 g/mol. The highest BCUT2D eigenvalue weighted by Gasteiger charge is 2.20. The summed E-state index contributed by atoms with van der Waals surface area (Å²) in [5.74, 6) is 0.939. The summed E-state index contributed by atoms with van der Waals surface area (Å²) in [4.78, 5) is 35.6. The second kappa shape index (κ2) is 12.7. The van der Waals surface area contributed by atoms with Gasteiger partial charge in [0.2, 0.25) is 5.91 Å². The summed E-state index contributed by atoms with van der Waals surface area (Å²) in [6.07, 6.45) is 1.22. The zero-order valence-electron chi connectivity index (χ0n) is 21.0. The number of nitrogens with two attached hydrogens (primary N) is 1. The van der Waals surface area contributed by atoms with Crippen molar-refractivity contribution in [3.63, 3.8) is 0 Å².